The maximum atomic E-state index is 13.1. The van der Waals surface area contributed by atoms with Crippen molar-refractivity contribution >= 4 is 22.6 Å². The van der Waals surface area contributed by atoms with Gasteiger partial charge in [0.25, 0.3) is 11.8 Å². The summed E-state index contributed by atoms with van der Waals surface area (Å²) in [6.45, 7) is 9.65. The van der Waals surface area contributed by atoms with Crippen molar-refractivity contribution in [2.45, 2.75) is 26.4 Å². The molecule has 1 saturated heterocycles. The maximum Gasteiger partial charge on any atom is 0.261 e. The monoisotopic (exact) mass is 501 g/mol. The molecule has 1 atom stereocenters. The van der Waals surface area contributed by atoms with Crippen LogP contribution >= 0.6 is 0 Å². The molecular formula is C30H35N3O4. The van der Waals surface area contributed by atoms with Gasteiger partial charge in [-0.05, 0) is 54.6 Å². The molecular weight excluding hydrogens is 466 g/mol. The first kappa shape index (κ1) is 25.4. The Kier molecular flexibility index (Phi) is 7.55. The molecule has 0 aromatic heterocycles. The lowest BCUT2D eigenvalue weighted by Gasteiger charge is -2.36. The van der Waals surface area contributed by atoms with Crippen molar-refractivity contribution in [3.63, 3.8) is 0 Å². The Balaban J connectivity index is 1.06. The van der Waals surface area contributed by atoms with Crippen LogP contribution in [0.1, 0.15) is 38.3 Å². The Morgan fingerprint density at radius 3 is 2.14 bits per heavy atom. The van der Waals surface area contributed by atoms with Crippen molar-refractivity contribution in [3.05, 3.63) is 76.9 Å². The number of ether oxygens (including phenoxy) is 1. The van der Waals surface area contributed by atoms with Gasteiger partial charge >= 0.3 is 0 Å². The smallest absolute Gasteiger partial charge is 0.261 e. The molecule has 5 rings (SSSR count). The number of aryl methyl sites for hydroxylation is 2. The molecule has 7 nitrogen and oxygen atoms in total. The van der Waals surface area contributed by atoms with Crippen molar-refractivity contribution in [2.75, 3.05) is 52.4 Å². The van der Waals surface area contributed by atoms with E-state index in [2.05, 4.69) is 29.7 Å². The van der Waals surface area contributed by atoms with Gasteiger partial charge in [-0.2, -0.15) is 0 Å². The second-order valence-electron chi connectivity index (χ2n) is 10.2. The highest BCUT2D eigenvalue weighted by atomic mass is 16.5. The van der Waals surface area contributed by atoms with E-state index in [4.69, 9.17) is 4.74 Å². The van der Waals surface area contributed by atoms with Crippen LogP contribution in [0.2, 0.25) is 0 Å². The Labute approximate surface area is 218 Å². The van der Waals surface area contributed by atoms with Crippen molar-refractivity contribution < 1.29 is 19.4 Å². The summed E-state index contributed by atoms with van der Waals surface area (Å²) < 4.78 is 5.82. The van der Waals surface area contributed by atoms with Gasteiger partial charge in [-0.1, -0.05) is 30.3 Å². The molecule has 194 valence electrons. The number of imide groups is 1. The van der Waals surface area contributed by atoms with E-state index < -0.39 is 6.10 Å². The molecule has 2 amide bonds. The van der Waals surface area contributed by atoms with E-state index in [9.17, 15) is 14.7 Å². The van der Waals surface area contributed by atoms with Crippen LogP contribution in [0, 0.1) is 13.8 Å². The van der Waals surface area contributed by atoms with Gasteiger partial charge in [-0.25, -0.2) is 0 Å². The highest BCUT2D eigenvalue weighted by molar-refractivity contribution is 6.25. The number of rotatable bonds is 9. The number of aliphatic hydroxyl groups is 1. The fourth-order valence-corrected chi connectivity index (χ4v) is 5.23. The van der Waals surface area contributed by atoms with E-state index >= 15 is 0 Å². The van der Waals surface area contributed by atoms with Crippen molar-refractivity contribution in [2.24, 2.45) is 0 Å². The molecule has 2 aliphatic rings. The zero-order valence-electron chi connectivity index (χ0n) is 21.7. The number of β-amino-alcohol motifs (C(OH)–C–C–N with tert-alkyl or cyclic N) is 1. The van der Waals surface area contributed by atoms with Crippen molar-refractivity contribution in [1.82, 2.24) is 14.7 Å². The number of carbonyl (C=O) groups is 2. The molecule has 0 bridgehead atoms. The van der Waals surface area contributed by atoms with Gasteiger partial charge in [-0.3, -0.25) is 24.3 Å². The summed E-state index contributed by atoms with van der Waals surface area (Å²) >= 11 is 0. The zero-order valence-corrected chi connectivity index (χ0v) is 21.7. The molecule has 2 heterocycles. The largest absolute Gasteiger partial charge is 0.493 e. The predicted octanol–water partition coefficient (Wildman–Crippen LogP) is 3.50. The molecule has 0 unspecified atom stereocenters. The van der Waals surface area contributed by atoms with Crippen LogP contribution in [0.15, 0.2) is 54.6 Å². The summed E-state index contributed by atoms with van der Waals surface area (Å²) in [5.41, 5.74) is 3.65. The topological polar surface area (TPSA) is 73.3 Å². The minimum absolute atomic E-state index is 0.209. The molecule has 37 heavy (non-hydrogen) atoms. The molecule has 0 radical (unpaired) electrons. The summed E-state index contributed by atoms with van der Waals surface area (Å²) in [6, 6.07) is 17.3. The number of nitrogens with zero attached hydrogens (tertiary/aromatic N) is 3. The number of carbonyl (C=O) groups excluding carboxylic acids is 2. The third-order valence-corrected chi connectivity index (χ3v) is 7.63. The molecule has 0 saturated carbocycles. The van der Waals surface area contributed by atoms with Crippen LogP contribution in [-0.2, 0) is 0 Å². The van der Waals surface area contributed by atoms with E-state index in [0.717, 1.165) is 42.7 Å². The number of benzene rings is 3. The zero-order chi connectivity index (χ0) is 25.9. The molecule has 3 aromatic carbocycles. The standard InChI is InChI=1S/C30H35N3O4/c1-21-9-10-25(19-22(21)2)37-18-11-24(34)20-32-14-12-31(13-15-32)16-17-33-29(35)26-7-3-5-23-6-4-8-27(28(23)26)30(33)36/h3-10,19,24,34H,11-18,20H2,1-2H3/t24-/m0/s1. The summed E-state index contributed by atoms with van der Waals surface area (Å²) in [5, 5.41) is 12.2. The first-order valence-corrected chi connectivity index (χ1v) is 13.1. The number of aliphatic hydroxyl groups excluding tert-OH is 1. The van der Waals surface area contributed by atoms with Crippen LogP contribution in [-0.4, -0.2) is 90.1 Å². The first-order chi connectivity index (χ1) is 17.9. The summed E-state index contributed by atoms with van der Waals surface area (Å²) in [4.78, 5) is 32.2. The lowest BCUT2D eigenvalue weighted by molar-refractivity contribution is 0.0499. The Hall–Kier alpha value is -3.26. The van der Waals surface area contributed by atoms with Crippen LogP contribution in [0.3, 0.4) is 0 Å². The highest BCUT2D eigenvalue weighted by Gasteiger charge is 2.33. The van der Waals surface area contributed by atoms with E-state index in [1.165, 1.54) is 16.0 Å². The third-order valence-electron chi connectivity index (χ3n) is 7.63. The number of hydrogen-bond donors (Lipinski definition) is 1. The molecule has 1 fully saturated rings. The summed E-state index contributed by atoms with van der Waals surface area (Å²) in [7, 11) is 0. The summed E-state index contributed by atoms with van der Waals surface area (Å²) in [6.07, 6.45) is 0.144. The number of piperazine rings is 1. The van der Waals surface area contributed by atoms with Gasteiger partial charge < -0.3 is 9.84 Å². The fraction of sp³-hybridized carbons (Fsp3) is 0.400. The SMILES string of the molecule is Cc1ccc(OCC[C@H](O)CN2CCN(CCN3C(=O)c4cccc5cccc(c45)C3=O)CC2)cc1C. The van der Waals surface area contributed by atoms with Gasteiger partial charge in [0, 0.05) is 68.7 Å². The Morgan fingerprint density at radius 1 is 0.838 bits per heavy atom. The average molecular weight is 502 g/mol. The minimum Gasteiger partial charge on any atom is -0.493 e. The highest BCUT2D eigenvalue weighted by Crippen LogP contribution is 2.29. The Morgan fingerprint density at radius 2 is 1.49 bits per heavy atom. The molecule has 0 aliphatic carbocycles. The fourth-order valence-electron chi connectivity index (χ4n) is 5.23. The van der Waals surface area contributed by atoms with Gasteiger partial charge in [0.05, 0.1) is 12.7 Å². The quantitative estimate of drug-likeness (QED) is 0.453. The van der Waals surface area contributed by atoms with E-state index in [-0.39, 0.29) is 11.8 Å². The maximum absolute atomic E-state index is 13.1. The molecule has 3 aromatic rings. The first-order valence-electron chi connectivity index (χ1n) is 13.1. The molecule has 1 N–H and O–H groups in total. The van der Waals surface area contributed by atoms with E-state index in [0.29, 0.717) is 43.8 Å². The molecule has 7 heteroatoms. The predicted molar refractivity (Wildman–Crippen MR) is 144 cm³/mol. The van der Waals surface area contributed by atoms with E-state index in [1.54, 1.807) is 0 Å². The average Bonchev–Trinajstić information content (AvgIpc) is 2.90. The van der Waals surface area contributed by atoms with Gasteiger partial charge in [0.15, 0.2) is 0 Å². The van der Waals surface area contributed by atoms with Crippen LogP contribution in [0.25, 0.3) is 10.8 Å². The number of hydrogen-bond acceptors (Lipinski definition) is 6. The normalized spacial score (nSPS) is 17.4. The van der Waals surface area contributed by atoms with Gasteiger partial charge in [0.2, 0.25) is 0 Å². The third kappa shape index (κ3) is 5.54. The molecule has 0 spiro atoms. The second kappa shape index (κ2) is 11.0. The van der Waals surface area contributed by atoms with Gasteiger partial charge in [-0.15, -0.1) is 0 Å². The van der Waals surface area contributed by atoms with Crippen LogP contribution in [0.5, 0.6) is 5.75 Å². The van der Waals surface area contributed by atoms with Crippen molar-refractivity contribution in [3.8, 4) is 5.75 Å². The number of amides is 2. The van der Waals surface area contributed by atoms with E-state index in [1.807, 2.05) is 48.5 Å². The van der Waals surface area contributed by atoms with Gasteiger partial charge in [0.1, 0.15) is 5.75 Å². The lowest BCUT2D eigenvalue weighted by atomic mass is 9.94. The van der Waals surface area contributed by atoms with Crippen molar-refractivity contribution in [1.29, 1.82) is 0 Å². The summed E-state index contributed by atoms with van der Waals surface area (Å²) in [5.74, 6) is 0.424. The second-order valence-corrected chi connectivity index (χ2v) is 10.2. The van der Waals surface area contributed by atoms with Crippen LogP contribution < -0.4 is 4.74 Å². The Bertz CT molecular complexity index is 1250. The lowest BCUT2D eigenvalue weighted by Crippen LogP contribution is -2.51. The van der Waals surface area contributed by atoms with Crippen LogP contribution in [0.4, 0.5) is 0 Å². The minimum atomic E-state index is -0.440. The molecule has 2 aliphatic heterocycles.